The lowest BCUT2D eigenvalue weighted by molar-refractivity contribution is 0.00737. The van der Waals surface area contributed by atoms with E-state index in [2.05, 4.69) is 31.1 Å². The van der Waals surface area contributed by atoms with Gasteiger partial charge in [0, 0.05) is 24.8 Å². The van der Waals surface area contributed by atoms with E-state index in [0.717, 1.165) is 24.4 Å². The number of carbonyl (C=O) groups is 1. The van der Waals surface area contributed by atoms with Crippen LogP contribution in [-0.4, -0.2) is 30.1 Å². The lowest BCUT2D eigenvalue weighted by Gasteiger charge is -2.31. The first-order valence-corrected chi connectivity index (χ1v) is 7.63. The summed E-state index contributed by atoms with van der Waals surface area (Å²) in [5.41, 5.74) is 2.48. The minimum atomic E-state index is -0.0421. The number of pyridine rings is 1. The molecule has 1 aromatic heterocycles. The Hall–Kier alpha value is -1.42. The number of nitrogens with one attached hydrogen (secondary N) is 1. The van der Waals surface area contributed by atoms with E-state index in [0.29, 0.717) is 18.0 Å². The van der Waals surface area contributed by atoms with E-state index in [4.69, 9.17) is 4.74 Å². The second-order valence-electron chi connectivity index (χ2n) is 7.00. The van der Waals surface area contributed by atoms with Crippen molar-refractivity contribution in [2.75, 3.05) is 13.2 Å². The topological polar surface area (TPSA) is 51.2 Å². The Morgan fingerprint density at radius 3 is 2.71 bits per heavy atom. The molecule has 1 amide bonds. The number of amides is 1. The van der Waals surface area contributed by atoms with Gasteiger partial charge in [-0.25, -0.2) is 0 Å². The first kappa shape index (κ1) is 16.0. The van der Waals surface area contributed by atoms with Gasteiger partial charge in [-0.15, -0.1) is 0 Å². The van der Waals surface area contributed by atoms with Crippen molar-refractivity contribution < 1.29 is 9.53 Å². The fourth-order valence-electron chi connectivity index (χ4n) is 3.05. The van der Waals surface area contributed by atoms with Crippen molar-refractivity contribution in [3.05, 3.63) is 29.1 Å². The zero-order chi connectivity index (χ0) is 15.6. The molecule has 116 valence electrons. The molecule has 1 aliphatic heterocycles. The van der Waals surface area contributed by atoms with Gasteiger partial charge >= 0.3 is 0 Å². The van der Waals surface area contributed by atoms with Crippen LogP contribution in [0.25, 0.3) is 0 Å². The lowest BCUT2D eigenvalue weighted by atomic mass is 9.81. The van der Waals surface area contributed by atoms with Crippen molar-refractivity contribution in [2.45, 2.75) is 47.1 Å². The minimum absolute atomic E-state index is 0.0421. The van der Waals surface area contributed by atoms with Gasteiger partial charge < -0.3 is 10.1 Å². The van der Waals surface area contributed by atoms with Gasteiger partial charge in [0.25, 0.3) is 5.91 Å². The Balaban J connectivity index is 1.98. The maximum Gasteiger partial charge on any atom is 0.253 e. The summed E-state index contributed by atoms with van der Waals surface area (Å²) >= 11 is 0. The number of carbonyl (C=O) groups excluding carboxylic acids is 1. The van der Waals surface area contributed by atoms with Crippen LogP contribution in [0.5, 0.6) is 0 Å². The number of ether oxygens (including phenoxy) is 1. The molecule has 0 aromatic carbocycles. The van der Waals surface area contributed by atoms with Gasteiger partial charge in [-0.1, -0.05) is 20.8 Å². The van der Waals surface area contributed by atoms with Crippen LogP contribution in [0.3, 0.4) is 0 Å². The molecule has 2 atom stereocenters. The van der Waals surface area contributed by atoms with E-state index in [1.54, 1.807) is 0 Å². The van der Waals surface area contributed by atoms with Crippen LogP contribution in [0.2, 0.25) is 0 Å². The van der Waals surface area contributed by atoms with Crippen molar-refractivity contribution in [2.24, 2.45) is 11.3 Å². The molecule has 0 aliphatic carbocycles. The highest BCUT2D eigenvalue weighted by Gasteiger charge is 2.37. The predicted molar refractivity (Wildman–Crippen MR) is 83.3 cm³/mol. The van der Waals surface area contributed by atoms with Gasteiger partial charge in [-0.05, 0) is 37.8 Å². The minimum Gasteiger partial charge on any atom is -0.377 e. The van der Waals surface area contributed by atoms with E-state index in [1.807, 2.05) is 26.0 Å². The van der Waals surface area contributed by atoms with Crippen LogP contribution in [0.15, 0.2) is 12.1 Å². The number of aromatic nitrogens is 1. The van der Waals surface area contributed by atoms with Crippen LogP contribution in [0.1, 0.15) is 48.9 Å². The quantitative estimate of drug-likeness (QED) is 0.931. The highest BCUT2D eigenvalue weighted by molar-refractivity contribution is 5.95. The number of hydrogen-bond acceptors (Lipinski definition) is 3. The van der Waals surface area contributed by atoms with E-state index < -0.39 is 0 Å². The fourth-order valence-corrected chi connectivity index (χ4v) is 3.05. The maximum absolute atomic E-state index is 12.3. The van der Waals surface area contributed by atoms with Gasteiger partial charge in [0.15, 0.2) is 0 Å². The molecule has 21 heavy (non-hydrogen) atoms. The lowest BCUT2D eigenvalue weighted by Crippen LogP contribution is -2.38. The molecule has 0 unspecified atom stereocenters. The van der Waals surface area contributed by atoms with Crippen LogP contribution in [0.4, 0.5) is 0 Å². The molecule has 1 N–H and O–H groups in total. The third-order valence-electron chi connectivity index (χ3n) is 4.06. The van der Waals surface area contributed by atoms with Gasteiger partial charge in [-0.2, -0.15) is 0 Å². The Morgan fingerprint density at radius 2 is 2.10 bits per heavy atom. The number of nitrogens with zero attached hydrogens (tertiary/aromatic N) is 1. The van der Waals surface area contributed by atoms with Crippen molar-refractivity contribution >= 4 is 5.91 Å². The molecule has 2 rings (SSSR count). The summed E-state index contributed by atoms with van der Waals surface area (Å²) in [5.74, 6) is 0.340. The van der Waals surface area contributed by atoms with Gasteiger partial charge in [0.2, 0.25) is 0 Å². The van der Waals surface area contributed by atoms with Crippen molar-refractivity contribution in [1.82, 2.24) is 10.3 Å². The van der Waals surface area contributed by atoms with E-state index in [1.165, 1.54) is 0 Å². The second kappa shape index (κ2) is 6.14. The summed E-state index contributed by atoms with van der Waals surface area (Å²) in [6, 6.07) is 3.72. The first-order chi connectivity index (χ1) is 9.79. The van der Waals surface area contributed by atoms with Crippen molar-refractivity contribution in [1.29, 1.82) is 0 Å². The third-order valence-corrected chi connectivity index (χ3v) is 4.06. The Morgan fingerprint density at radius 1 is 1.38 bits per heavy atom. The summed E-state index contributed by atoms with van der Waals surface area (Å²) in [4.78, 5) is 16.6. The summed E-state index contributed by atoms with van der Waals surface area (Å²) in [6.07, 6.45) is 1.21. The van der Waals surface area contributed by atoms with E-state index in [9.17, 15) is 4.79 Å². The Labute approximate surface area is 127 Å². The van der Waals surface area contributed by atoms with Crippen molar-refractivity contribution in [3.8, 4) is 0 Å². The van der Waals surface area contributed by atoms with E-state index >= 15 is 0 Å². The standard InChI is InChI=1S/C17H26N2O2/c1-11-6-7-14(12(2)19-11)16(20)18-10-13-8-9-21-15(13)17(3,4)5/h6-7,13,15H,8-10H2,1-5H3,(H,18,20)/t13-,15+/m1/s1. The van der Waals surface area contributed by atoms with Gasteiger partial charge in [0.1, 0.15) is 0 Å². The largest absolute Gasteiger partial charge is 0.377 e. The SMILES string of the molecule is Cc1ccc(C(=O)NC[C@H]2CCO[C@@H]2C(C)(C)C)c(C)n1. The average Bonchev–Trinajstić information content (AvgIpc) is 2.84. The monoisotopic (exact) mass is 290 g/mol. The van der Waals surface area contributed by atoms with Crippen LogP contribution in [-0.2, 0) is 4.74 Å². The molecular weight excluding hydrogens is 264 g/mol. The Bertz CT molecular complexity index is 520. The molecule has 4 heteroatoms. The van der Waals surface area contributed by atoms with E-state index in [-0.39, 0.29) is 17.4 Å². The molecule has 0 spiro atoms. The Kier molecular flexibility index (Phi) is 4.67. The molecule has 1 aromatic rings. The zero-order valence-electron chi connectivity index (χ0n) is 13.7. The summed E-state index contributed by atoms with van der Waals surface area (Å²) in [6.45, 7) is 11.8. The zero-order valence-corrected chi connectivity index (χ0v) is 13.7. The summed E-state index contributed by atoms with van der Waals surface area (Å²) in [5, 5.41) is 3.04. The first-order valence-electron chi connectivity index (χ1n) is 7.63. The molecule has 4 nitrogen and oxygen atoms in total. The third kappa shape index (κ3) is 3.82. The van der Waals surface area contributed by atoms with Gasteiger partial charge in [0.05, 0.1) is 17.4 Å². The summed E-state index contributed by atoms with van der Waals surface area (Å²) in [7, 11) is 0. The molecule has 1 saturated heterocycles. The predicted octanol–water partition coefficient (Wildman–Crippen LogP) is 2.88. The maximum atomic E-state index is 12.3. The fraction of sp³-hybridized carbons (Fsp3) is 0.647. The number of rotatable bonds is 3. The van der Waals surface area contributed by atoms with Crippen LogP contribution < -0.4 is 5.32 Å². The molecule has 0 saturated carbocycles. The second-order valence-corrected chi connectivity index (χ2v) is 7.00. The molecule has 1 fully saturated rings. The number of aryl methyl sites for hydroxylation is 2. The van der Waals surface area contributed by atoms with Crippen molar-refractivity contribution in [3.63, 3.8) is 0 Å². The molecule has 0 bridgehead atoms. The highest BCUT2D eigenvalue weighted by atomic mass is 16.5. The average molecular weight is 290 g/mol. The number of hydrogen-bond donors (Lipinski definition) is 1. The van der Waals surface area contributed by atoms with Gasteiger partial charge in [-0.3, -0.25) is 9.78 Å². The molecule has 0 radical (unpaired) electrons. The smallest absolute Gasteiger partial charge is 0.253 e. The molecule has 2 heterocycles. The van der Waals surface area contributed by atoms with Crippen LogP contribution >= 0.6 is 0 Å². The molecule has 1 aliphatic rings. The van der Waals surface area contributed by atoms with Crippen LogP contribution in [0, 0.1) is 25.2 Å². The normalized spacial score (nSPS) is 22.3. The summed E-state index contributed by atoms with van der Waals surface area (Å²) < 4.78 is 5.84. The highest BCUT2D eigenvalue weighted by Crippen LogP contribution is 2.34. The molecular formula is C17H26N2O2.